The van der Waals surface area contributed by atoms with Crippen molar-refractivity contribution in [2.24, 2.45) is 0 Å². The largest absolute Gasteiger partial charge is 0.454 e. The monoisotopic (exact) mass is 496 g/mol. The van der Waals surface area contributed by atoms with E-state index in [9.17, 15) is 4.79 Å². The van der Waals surface area contributed by atoms with Crippen molar-refractivity contribution in [1.29, 1.82) is 0 Å². The number of hydrogen-bond donors (Lipinski definition) is 0. The van der Waals surface area contributed by atoms with Gasteiger partial charge in [-0.25, -0.2) is 0 Å². The number of unbranched alkanes of at least 4 members (excludes halogenated alkanes) is 3. The molecule has 5 heteroatoms. The van der Waals surface area contributed by atoms with E-state index in [4.69, 9.17) is 9.47 Å². The fourth-order valence-electron chi connectivity index (χ4n) is 5.00. The number of carbonyl (C=O) groups is 1. The smallest absolute Gasteiger partial charge is 0.241 e. The lowest BCUT2D eigenvalue weighted by atomic mass is 9.94. The molecule has 0 bridgehead atoms. The lowest BCUT2D eigenvalue weighted by Crippen LogP contribution is -2.42. The number of carbonyl (C=O) groups excluding carboxylic acids is 1. The Morgan fingerprint density at radius 3 is 2.58 bits per heavy atom. The Bertz CT molecular complexity index is 877. The molecule has 0 spiro atoms. The molecule has 0 aromatic heterocycles. The SMILES string of the molecule is C=C/C=C\C(=C/C)N(CCCC)C(=O)CN1CC(c2ccc3c(c2)OCO3)C[C@@H]1CCCCC.CC. The highest BCUT2D eigenvalue weighted by molar-refractivity contribution is 5.80. The molecule has 2 aliphatic heterocycles. The molecule has 200 valence electrons. The van der Waals surface area contributed by atoms with Crippen LogP contribution in [0.2, 0.25) is 0 Å². The van der Waals surface area contributed by atoms with E-state index in [1.807, 2.05) is 50.0 Å². The zero-order valence-electron chi connectivity index (χ0n) is 23.3. The van der Waals surface area contributed by atoms with Gasteiger partial charge in [-0.15, -0.1) is 0 Å². The highest BCUT2D eigenvalue weighted by atomic mass is 16.7. The Hall–Kier alpha value is -2.53. The molecular weight excluding hydrogens is 448 g/mol. The summed E-state index contributed by atoms with van der Waals surface area (Å²) in [4.78, 5) is 18.0. The van der Waals surface area contributed by atoms with Gasteiger partial charge in [0.05, 0.1) is 6.54 Å². The Balaban J connectivity index is 0.00000222. The molecule has 0 radical (unpaired) electrons. The molecule has 0 N–H and O–H groups in total. The Kier molecular flexibility index (Phi) is 13.4. The summed E-state index contributed by atoms with van der Waals surface area (Å²) >= 11 is 0. The van der Waals surface area contributed by atoms with Crippen LogP contribution in [0.15, 0.2) is 54.8 Å². The average Bonchev–Trinajstić information content (AvgIpc) is 3.54. The minimum Gasteiger partial charge on any atom is -0.454 e. The Labute approximate surface area is 219 Å². The summed E-state index contributed by atoms with van der Waals surface area (Å²) in [5.41, 5.74) is 2.23. The van der Waals surface area contributed by atoms with Gasteiger partial charge in [-0.1, -0.05) is 84.3 Å². The molecule has 1 unspecified atom stereocenters. The van der Waals surface area contributed by atoms with Crippen LogP contribution in [0.3, 0.4) is 0 Å². The van der Waals surface area contributed by atoms with Crippen LogP contribution in [-0.2, 0) is 4.79 Å². The topological polar surface area (TPSA) is 42.0 Å². The van der Waals surface area contributed by atoms with Crippen LogP contribution in [-0.4, -0.2) is 48.2 Å². The first-order valence-corrected chi connectivity index (χ1v) is 14.0. The van der Waals surface area contributed by atoms with Crippen molar-refractivity contribution in [1.82, 2.24) is 9.80 Å². The first-order chi connectivity index (χ1) is 17.6. The number of amides is 1. The van der Waals surface area contributed by atoms with Gasteiger partial charge in [0.1, 0.15) is 0 Å². The van der Waals surface area contributed by atoms with E-state index in [0.29, 0.717) is 25.3 Å². The van der Waals surface area contributed by atoms with Gasteiger partial charge < -0.3 is 14.4 Å². The second-order valence-electron chi connectivity index (χ2n) is 9.33. The number of fused-ring (bicyclic) bond motifs is 1. The van der Waals surface area contributed by atoms with E-state index in [2.05, 4.69) is 37.5 Å². The predicted octanol–water partition coefficient (Wildman–Crippen LogP) is 7.45. The van der Waals surface area contributed by atoms with Crippen molar-refractivity contribution in [3.05, 3.63) is 60.3 Å². The van der Waals surface area contributed by atoms with E-state index in [1.54, 1.807) is 6.08 Å². The van der Waals surface area contributed by atoms with E-state index in [1.165, 1.54) is 24.8 Å². The number of hydrogen-bond acceptors (Lipinski definition) is 4. The molecule has 1 aromatic carbocycles. The molecule has 2 atom stereocenters. The number of nitrogens with zero attached hydrogens (tertiary/aromatic N) is 2. The van der Waals surface area contributed by atoms with Gasteiger partial charge in [0, 0.05) is 24.8 Å². The average molecular weight is 497 g/mol. The number of ether oxygens (including phenoxy) is 2. The second kappa shape index (κ2) is 16.3. The molecular formula is C31H48N2O3. The Morgan fingerprint density at radius 2 is 1.89 bits per heavy atom. The maximum atomic E-state index is 13.6. The van der Waals surface area contributed by atoms with Gasteiger partial charge in [-0.2, -0.15) is 0 Å². The molecule has 1 fully saturated rings. The minimum absolute atomic E-state index is 0.182. The quantitative estimate of drug-likeness (QED) is 0.210. The summed E-state index contributed by atoms with van der Waals surface area (Å²) in [7, 11) is 0. The van der Waals surface area contributed by atoms with Crippen molar-refractivity contribution < 1.29 is 14.3 Å². The molecule has 0 aliphatic carbocycles. The Morgan fingerprint density at radius 1 is 1.14 bits per heavy atom. The highest BCUT2D eigenvalue weighted by Gasteiger charge is 2.35. The summed E-state index contributed by atoms with van der Waals surface area (Å²) in [6, 6.07) is 6.75. The summed E-state index contributed by atoms with van der Waals surface area (Å²) in [6.07, 6.45) is 15.6. The highest BCUT2D eigenvalue weighted by Crippen LogP contribution is 2.39. The van der Waals surface area contributed by atoms with E-state index < -0.39 is 0 Å². The number of allylic oxidation sites excluding steroid dienone is 4. The van der Waals surface area contributed by atoms with Gasteiger partial charge in [0.15, 0.2) is 11.5 Å². The van der Waals surface area contributed by atoms with Crippen molar-refractivity contribution in [2.75, 3.05) is 26.4 Å². The summed E-state index contributed by atoms with van der Waals surface area (Å²) in [5.74, 6) is 2.25. The third-order valence-electron chi connectivity index (χ3n) is 6.92. The van der Waals surface area contributed by atoms with E-state index >= 15 is 0 Å². The van der Waals surface area contributed by atoms with Gasteiger partial charge in [0.2, 0.25) is 12.7 Å². The van der Waals surface area contributed by atoms with E-state index in [0.717, 1.165) is 56.0 Å². The van der Waals surface area contributed by atoms with Crippen LogP contribution in [0.5, 0.6) is 11.5 Å². The van der Waals surface area contributed by atoms with Crippen molar-refractivity contribution in [3.8, 4) is 11.5 Å². The molecule has 36 heavy (non-hydrogen) atoms. The van der Waals surface area contributed by atoms with Crippen LogP contribution in [0.4, 0.5) is 0 Å². The zero-order chi connectivity index (χ0) is 26.3. The van der Waals surface area contributed by atoms with E-state index in [-0.39, 0.29) is 5.91 Å². The first-order valence-electron chi connectivity index (χ1n) is 14.0. The van der Waals surface area contributed by atoms with Crippen molar-refractivity contribution in [2.45, 2.75) is 91.5 Å². The maximum absolute atomic E-state index is 13.6. The fourth-order valence-corrected chi connectivity index (χ4v) is 5.00. The third kappa shape index (κ3) is 8.26. The molecule has 3 rings (SSSR count). The molecule has 1 saturated heterocycles. The van der Waals surface area contributed by atoms with Crippen molar-refractivity contribution in [3.63, 3.8) is 0 Å². The molecule has 5 nitrogen and oxygen atoms in total. The number of rotatable bonds is 13. The zero-order valence-corrected chi connectivity index (χ0v) is 23.3. The first kappa shape index (κ1) is 29.7. The molecule has 2 aliphatic rings. The third-order valence-corrected chi connectivity index (χ3v) is 6.92. The molecule has 0 saturated carbocycles. The predicted molar refractivity (Wildman–Crippen MR) is 150 cm³/mol. The summed E-state index contributed by atoms with van der Waals surface area (Å²) in [6.45, 7) is 16.6. The lowest BCUT2D eigenvalue weighted by Gasteiger charge is -2.29. The van der Waals surface area contributed by atoms with Crippen LogP contribution >= 0.6 is 0 Å². The minimum atomic E-state index is 0.182. The second-order valence-corrected chi connectivity index (χ2v) is 9.33. The maximum Gasteiger partial charge on any atom is 0.241 e. The summed E-state index contributed by atoms with van der Waals surface area (Å²) in [5, 5.41) is 0. The van der Waals surface area contributed by atoms with Gasteiger partial charge in [-0.05, 0) is 55.9 Å². The number of benzene rings is 1. The summed E-state index contributed by atoms with van der Waals surface area (Å²) < 4.78 is 11.1. The van der Waals surface area contributed by atoms with Crippen LogP contribution < -0.4 is 9.47 Å². The molecule has 1 amide bonds. The standard InChI is InChI=1S/C29H42N2O3.C2H6/c1-5-9-12-14-26-18-24(23-15-16-27-28(19-23)34-22-33-27)20-30(26)21-29(32)31(17-11-7-3)25(8-4)13-10-6-2;1-2/h6,8,10,13,15-16,19,24,26H,2,5,7,9,11-12,14,17-18,20-22H2,1,3-4H3;1-2H3/b13-10-,25-8+;/t24?,26-;/m0./s1. The van der Waals surface area contributed by atoms with Crippen LogP contribution in [0.25, 0.3) is 0 Å². The van der Waals surface area contributed by atoms with Gasteiger partial charge in [-0.3, -0.25) is 9.69 Å². The molecule has 1 aromatic rings. The normalized spacial score (nSPS) is 19.3. The van der Waals surface area contributed by atoms with Gasteiger partial charge in [0.25, 0.3) is 0 Å². The van der Waals surface area contributed by atoms with Crippen LogP contribution in [0.1, 0.15) is 91.0 Å². The molecule has 2 heterocycles. The number of likely N-dealkylation sites (tertiary alicyclic amines) is 1. The fraction of sp³-hybridized carbons (Fsp3) is 0.581. The van der Waals surface area contributed by atoms with Crippen molar-refractivity contribution >= 4 is 5.91 Å². The lowest BCUT2D eigenvalue weighted by molar-refractivity contribution is -0.130. The van der Waals surface area contributed by atoms with Crippen LogP contribution in [0, 0.1) is 0 Å². The van der Waals surface area contributed by atoms with Gasteiger partial charge >= 0.3 is 0 Å².